The normalized spacial score (nSPS) is 21.4. The molecule has 1 aliphatic heterocycles. The van der Waals surface area contributed by atoms with Gasteiger partial charge in [-0.2, -0.15) is 0 Å². The fourth-order valence-electron chi connectivity index (χ4n) is 1.23. The summed E-state index contributed by atoms with van der Waals surface area (Å²) in [6.07, 6.45) is 0.690. The zero-order valence-electron chi connectivity index (χ0n) is 9.65. The molecule has 1 unspecified atom stereocenters. The zero-order chi connectivity index (χ0) is 11.1. The number of hydrogen-bond acceptors (Lipinski definition) is 5. The zero-order valence-corrected chi connectivity index (χ0v) is 11.2. The predicted octanol–water partition coefficient (Wildman–Crippen LogP) is 1.67. The molecule has 1 aliphatic rings. The van der Waals surface area contributed by atoms with Gasteiger partial charge in [-0.3, -0.25) is 0 Å². The van der Waals surface area contributed by atoms with Crippen molar-refractivity contribution in [2.45, 2.75) is 33.5 Å². The second-order valence-corrected chi connectivity index (χ2v) is 6.29. The van der Waals surface area contributed by atoms with Gasteiger partial charge in [0, 0.05) is 0 Å². The van der Waals surface area contributed by atoms with Crippen LogP contribution in [0.5, 0.6) is 0 Å². The molecule has 1 atom stereocenters. The maximum atomic E-state index is 5.69. The molecule has 1 fully saturated rings. The van der Waals surface area contributed by atoms with Crippen LogP contribution in [0.1, 0.15) is 27.2 Å². The molecule has 0 aromatic carbocycles. The minimum absolute atomic E-state index is 0.199. The quantitative estimate of drug-likeness (QED) is 0.618. The van der Waals surface area contributed by atoms with Crippen LogP contribution in [0, 0.1) is 0 Å². The van der Waals surface area contributed by atoms with E-state index in [9.17, 15) is 0 Å². The summed E-state index contributed by atoms with van der Waals surface area (Å²) in [5.41, 5.74) is 0. The van der Waals surface area contributed by atoms with E-state index >= 15 is 0 Å². The van der Waals surface area contributed by atoms with Crippen molar-refractivity contribution in [1.29, 1.82) is 0 Å². The van der Waals surface area contributed by atoms with E-state index in [0.29, 0.717) is 19.8 Å². The van der Waals surface area contributed by atoms with Crippen molar-refractivity contribution in [3.63, 3.8) is 0 Å². The SMILES string of the molecule is CC[O][Ti]([O]CC)([O]CC)[O]C1CCO1. The first-order chi connectivity index (χ1) is 7.26. The van der Waals surface area contributed by atoms with E-state index in [4.69, 9.17) is 18.0 Å². The Morgan fingerprint density at radius 3 is 1.80 bits per heavy atom. The third-order valence-electron chi connectivity index (χ3n) is 1.90. The van der Waals surface area contributed by atoms with E-state index in [-0.39, 0.29) is 6.29 Å². The van der Waals surface area contributed by atoms with Crippen molar-refractivity contribution in [3.05, 3.63) is 0 Å². The van der Waals surface area contributed by atoms with Crippen molar-refractivity contribution in [2.24, 2.45) is 0 Å². The average Bonchev–Trinajstić information content (AvgIpc) is 2.13. The van der Waals surface area contributed by atoms with Crippen LogP contribution in [0.3, 0.4) is 0 Å². The van der Waals surface area contributed by atoms with Gasteiger partial charge >= 0.3 is 96.1 Å². The van der Waals surface area contributed by atoms with Gasteiger partial charge in [0.1, 0.15) is 0 Å². The Morgan fingerprint density at radius 2 is 1.53 bits per heavy atom. The van der Waals surface area contributed by atoms with Gasteiger partial charge in [-0.15, -0.1) is 0 Å². The Morgan fingerprint density at radius 1 is 1.07 bits per heavy atom. The van der Waals surface area contributed by atoms with Crippen LogP contribution < -0.4 is 0 Å². The molecule has 0 spiro atoms. The van der Waals surface area contributed by atoms with Gasteiger partial charge in [-0.1, -0.05) is 0 Å². The third kappa shape index (κ3) is 4.11. The summed E-state index contributed by atoms with van der Waals surface area (Å²) < 4.78 is 27.6. The summed E-state index contributed by atoms with van der Waals surface area (Å²) >= 11 is -3.50. The third-order valence-corrected chi connectivity index (χ3v) is 5.77. The predicted molar refractivity (Wildman–Crippen MR) is 50.3 cm³/mol. The molecule has 0 bridgehead atoms. The van der Waals surface area contributed by atoms with Gasteiger partial charge < -0.3 is 0 Å². The molecule has 90 valence electrons. The van der Waals surface area contributed by atoms with E-state index in [1.807, 2.05) is 20.8 Å². The van der Waals surface area contributed by atoms with Crippen LogP contribution in [-0.2, 0) is 36.2 Å². The average molecular weight is 256 g/mol. The molecule has 1 saturated heterocycles. The first-order valence-corrected chi connectivity index (χ1v) is 8.02. The van der Waals surface area contributed by atoms with Gasteiger partial charge in [-0.05, 0) is 0 Å². The van der Waals surface area contributed by atoms with E-state index in [1.165, 1.54) is 0 Å². The van der Waals surface area contributed by atoms with Crippen molar-refractivity contribution in [3.8, 4) is 0 Å². The maximum absolute atomic E-state index is 5.69. The first kappa shape index (κ1) is 13.6. The molecule has 0 aromatic rings. The molecular weight excluding hydrogens is 236 g/mol. The first-order valence-electron chi connectivity index (χ1n) is 5.47. The Kier molecular flexibility index (Phi) is 6.30. The molecule has 0 saturated carbocycles. The fraction of sp³-hybridized carbons (Fsp3) is 1.00. The van der Waals surface area contributed by atoms with E-state index in [1.54, 1.807) is 0 Å². The summed E-state index contributed by atoms with van der Waals surface area (Å²) in [5.74, 6) is 0. The Balaban J connectivity index is 2.51. The molecule has 0 radical (unpaired) electrons. The van der Waals surface area contributed by atoms with Gasteiger partial charge in [0.05, 0.1) is 0 Å². The standard InChI is InChI=1S/C3H5O2.3C2H5O.Ti/c4-3-1-2-5-3;3*1-2-3;/h3H,1-2H2;3*2H2,1H3;/q4*-1;+4. The van der Waals surface area contributed by atoms with Crippen molar-refractivity contribution in [1.82, 2.24) is 0 Å². The summed E-state index contributed by atoms with van der Waals surface area (Å²) in [5, 5.41) is 0. The van der Waals surface area contributed by atoms with Crippen LogP contribution in [0.15, 0.2) is 0 Å². The molecule has 15 heavy (non-hydrogen) atoms. The van der Waals surface area contributed by atoms with Crippen molar-refractivity contribution < 1.29 is 36.2 Å². The van der Waals surface area contributed by atoms with Crippen LogP contribution in [-0.4, -0.2) is 32.7 Å². The van der Waals surface area contributed by atoms with Crippen LogP contribution in [0.2, 0.25) is 0 Å². The molecule has 1 rings (SSSR count). The van der Waals surface area contributed by atoms with E-state index < -0.39 is 18.1 Å². The minimum atomic E-state index is -3.50. The second kappa shape index (κ2) is 6.96. The van der Waals surface area contributed by atoms with Gasteiger partial charge in [0.25, 0.3) is 0 Å². The van der Waals surface area contributed by atoms with E-state index in [2.05, 4.69) is 0 Å². The number of rotatable bonds is 8. The molecule has 0 N–H and O–H groups in total. The summed E-state index contributed by atoms with van der Waals surface area (Å²) in [7, 11) is 0. The van der Waals surface area contributed by atoms with Crippen LogP contribution >= 0.6 is 0 Å². The fourth-order valence-corrected chi connectivity index (χ4v) is 4.38. The van der Waals surface area contributed by atoms with Crippen molar-refractivity contribution in [2.75, 3.05) is 26.4 Å². The molecule has 6 heteroatoms. The Bertz CT molecular complexity index is 157. The second-order valence-electron chi connectivity index (χ2n) is 3.01. The van der Waals surface area contributed by atoms with Crippen LogP contribution in [0.4, 0.5) is 0 Å². The number of ether oxygens (including phenoxy) is 1. The topological polar surface area (TPSA) is 46.2 Å². The summed E-state index contributed by atoms with van der Waals surface area (Å²) in [6, 6.07) is 0. The molecule has 0 aliphatic carbocycles. The summed E-state index contributed by atoms with van der Waals surface area (Å²) in [4.78, 5) is 0. The van der Waals surface area contributed by atoms with Gasteiger partial charge in [0.2, 0.25) is 0 Å². The molecule has 5 nitrogen and oxygen atoms in total. The molecule has 1 heterocycles. The Labute approximate surface area is 96.2 Å². The monoisotopic (exact) mass is 256 g/mol. The van der Waals surface area contributed by atoms with Crippen LogP contribution in [0.25, 0.3) is 0 Å². The van der Waals surface area contributed by atoms with E-state index in [0.717, 1.165) is 13.0 Å². The van der Waals surface area contributed by atoms with Crippen molar-refractivity contribution >= 4 is 0 Å². The molecule has 0 amide bonds. The molecule has 0 aromatic heterocycles. The Hall–Kier alpha value is 0.514. The van der Waals surface area contributed by atoms with Gasteiger partial charge in [0.15, 0.2) is 0 Å². The number of hydrogen-bond donors (Lipinski definition) is 0. The summed E-state index contributed by atoms with van der Waals surface area (Å²) in [6.45, 7) is 8.06. The molecular formula is C9H20O5Ti. The van der Waals surface area contributed by atoms with Gasteiger partial charge in [-0.25, -0.2) is 0 Å².